The van der Waals surface area contributed by atoms with Crippen LogP contribution in [0, 0.1) is 11.8 Å². The van der Waals surface area contributed by atoms with Gasteiger partial charge in [-0.2, -0.15) is 11.8 Å². The number of hydrogen-bond donors (Lipinski definition) is 1. The van der Waals surface area contributed by atoms with E-state index in [9.17, 15) is 4.79 Å². The van der Waals surface area contributed by atoms with E-state index in [2.05, 4.69) is 12.2 Å². The van der Waals surface area contributed by atoms with Crippen LogP contribution in [0.15, 0.2) is 0 Å². The third-order valence-corrected chi connectivity index (χ3v) is 4.73. The third kappa shape index (κ3) is 3.11. The average Bonchev–Trinajstić information content (AvgIpc) is 2.56. The molecule has 0 aromatic heterocycles. The second kappa shape index (κ2) is 5.21. The number of ether oxygens (including phenoxy) is 1. The minimum Gasteiger partial charge on any atom is -0.465 e. The van der Waals surface area contributed by atoms with Crippen LogP contribution < -0.4 is 5.32 Å². The SMILES string of the molecule is CC(NCCC1CSC1)C1COC(=O)C1. The van der Waals surface area contributed by atoms with Crippen LogP contribution >= 0.6 is 11.8 Å². The molecule has 0 radical (unpaired) electrons. The summed E-state index contributed by atoms with van der Waals surface area (Å²) >= 11 is 2.04. The molecule has 0 amide bonds. The van der Waals surface area contributed by atoms with Crippen LogP contribution in [0.3, 0.4) is 0 Å². The first-order chi connectivity index (χ1) is 7.25. The van der Waals surface area contributed by atoms with E-state index < -0.39 is 0 Å². The monoisotopic (exact) mass is 229 g/mol. The Kier molecular flexibility index (Phi) is 3.92. The predicted octanol–water partition coefficient (Wildman–Crippen LogP) is 1.28. The molecule has 0 aliphatic carbocycles. The smallest absolute Gasteiger partial charge is 0.306 e. The molecule has 2 aliphatic rings. The summed E-state index contributed by atoms with van der Waals surface area (Å²) in [7, 11) is 0. The molecule has 15 heavy (non-hydrogen) atoms. The summed E-state index contributed by atoms with van der Waals surface area (Å²) in [5.74, 6) is 3.94. The lowest BCUT2D eigenvalue weighted by atomic mass is 10.00. The molecule has 0 spiro atoms. The van der Waals surface area contributed by atoms with Gasteiger partial charge in [0.25, 0.3) is 0 Å². The fourth-order valence-corrected chi connectivity index (χ4v) is 2.89. The van der Waals surface area contributed by atoms with Crippen LogP contribution in [-0.4, -0.2) is 36.7 Å². The number of hydrogen-bond acceptors (Lipinski definition) is 4. The number of rotatable bonds is 5. The molecule has 2 saturated heterocycles. The number of carbonyl (C=O) groups is 1. The van der Waals surface area contributed by atoms with Gasteiger partial charge in [0.15, 0.2) is 0 Å². The number of nitrogens with one attached hydrogen (secondary N) is 1. The van der Waals surface area contributed by atoms with E-state index in [1.807, 2.05) is 11.8 Å². The summed E-state index contributed by atoms with van der Waals surface area (Å²) in [6, 6.07) is 0.407. The van der Waals surface area contributed by atoms with E-state index in [4.69, 9.17) is 4.74 Å². The fourth-order valence-electron chi connectivity index (χ4n) is 1.99. The van der Waals surface area contributed by atoms with Gasteiger partial charge in [-0.05, 0) is 37.3 Å². The zero-order valence-electron chi connectivity index (χ0n) is 9.20. The van der Waals surface area contributed by atoms with Gasteiger partial charge >= 0.3 is 5.97 Å². The zero-order chi connectivity index (χ0) is 10.7. The highest BCUT2D eigenvalue weighted by Gasteiger charge is 2.28. The van der Waals surface area contributed by atoms with Crippen molar-refractivity contribution in [2.24, 2.45) is 11.8 Å². The number of carbonyl (C=O) groups excluding carboxylic acids is 1. The fraction of sp³-hybridized carbons (Fsp3) is 0.909. The van der Waals surface area contributed by atoms with Crippen molar-refractivity contribution in [3.63, 3.8) is 0 Å². The maximum Gasteiger partial charge on any atom is 0.306 e. The van der Waals surface area contributed by atoms with Crippen molar-refractivity contribution < 1.29 is 9.53 Å². The molecule has 2 aliphatic heterocycles. The van der Waals surface area contributed by atoms with Gasteiger partial charge < -0.3 is 10.1 Å². The Morgan fingerprint density at radius 2 is 2.40 bits per heavy atom. The summed E-state index contributed by atoms with van der Waals surface area (Å²) in [4.78, 5) is 10.9. The standard InChI is InChI=1S/C11H19NO2S/c1-8(10-4-11(13)14-5-10)12-3-2-9-6-15-7-9/h8-10,12H,2-7H2,1H3. The Labute approximate surface area is 95.3 Å². The van der Waals surface area contributed by atoms with Crippen LogP contribution in [0.2, 0.25) is 0 Å². The van der Waals surface area contributed by atoms with E-state index in [-0.39, 0.29) is 5.97 Å². The normalized spacial score (nSPS) is 28.6. The van der Waals surface area contributed by atoms with Crippen molar-refractivity contribution in [2.75, 3.05) is 24.7 Å². The molecule has 1 N–H and O–H groups in total. The molecular formula is C11H19NO2S. The maximum absolute atomic E-state index is 10.9. The largest absolute Gasteiger partial charge is 0.465 e. The molecule has 86 valence electrons. The molecule has 0 bridgehead atoms. The van der Waals surface area contributed by atoms with Gasteiger partial charge in [-0.15, -0.1) is 0 Å². The highest BCUT2D eigenvalue weighted by atomic mass is 32.2. The van der Waals surface area contributed by atoms with Gasteiger partial charge in [0.2, 0.25) is 0 Å². The summed E-state index contributed by atoms with van der Waals surface area (Å²) in [6.07, 6.45) is 1.87. The maximum atomic E-state index is 10.9. The van der Waals surface area contributed by atoms with Crippen molar-refractivity contribution in [3.05, 3.63) is 0 Å². The second-order valence-corrected chi connectivity index (χ2v) is 5.66. The van der Waals surface area contributed by atoms with Gasteiger partial charge in [0.1, 0.15) is 0 Å². The molecule has 2 rings (SSSR count). The Morgan fingerprint density at radius 1 is 1.60 bits per heavy atom. The van der Waals surface area contributed by atoms with Crippen molar-refractivity contribution >= 4 is 17.7 Å². The molecule has 0 saturated carbocycles. The van der Waals surface area contributed by atoms with Gasteiger partial charge in [-0.3, -0.25) is 4.79 Å². The Hall–Kier alpha value is -0.220. The number of cyclic esters (lactones) is 1. The molecule has 2 unspecified atom stereocenters. The van der Waals surface area contributed by atoms with Crippen LogP contribution in [0.1, 0.15) is 19.8 Å². The van der Waals surface area contributed by atoms with Gasteiger partial charge in [0, 0.05) is 12.0 Å². The van der Waals surface area contributed by atoms with Crippen molar-refractivity contribution in [1.29, 1.82) is 0 Å². The molecule has 4 heteroatoms. The highest BCUT2D eigenvalue weighted by molar-refractivity contribution is 8.00. The minimum atomic E-state index is -0.0379. The van der Waals surface area contributed by atoms with Crippen LogP contribution in [0.4, 0.5) is 0 Å². The van der Waals surface area contributed by atoms with Gasteiger partial charge in [-0.1, -0.05) is 0 Å². The quantitative estimate of drug-likeness (QED) is 0.721. The number of thioether (sulfide) groups is 1. The first kappa shape index (κ1) is 11.3. The average molecular weight is 229 g/mol. The molecule has 2 fully saturated rings. The highest BCUT2D eigenvalue weighted by Crippen LogP contribution is 2.27. The molecule has 2 atom stereocenters. The van der Waals surface area contributed by atoms with E-state index >= 15 is 0 Å². The van der Waals surface area contributed by atoms with Gasteiger partial charge in [0.05, 0.1) is 13.0 Å². The Morgan fingerprint density at radius 3 is 2.93 bits per heavy atom. The van der Waals surface area contributed by atoms with Crippen molar-refractivity contribution in [3.8, 4) is 0 Å². The molecule has 3 nitrogen and oxygen atoms in total. The third-order valence-electron chi connectivity index (χ3n) is 3.32. The Balaban J connectivity index is 1.59. The van der Waals surface area contributed by atoms with Crippen LogP contribution in [0.25, 0.3) is 0 Å². The molecule has 2 heterocycles. The lowest BCUT2D eigenvalue weighted by Crippen LogP contribution is -2.36. The summed E-state index contributed by atoms with van der Waals surface area (Å²) in [6.45, 7) is 3.84. The summed E-state index contributed by atoms with van der Waals surface area (Å²) in [5.41, 5.74) is 0. The first-order valence-corrected chi connectivity index (χ1v) is 6.88. The van der Waals surface area contributed by atoms with E-state index in [0.29, 0.717) is 25.0 Å². The summed E-state index contributed by atoms with van der Waals surface area (Å²) in [5, 5.41) is 3.50. The lowest BCUT2D eigenvalue weighted by molar-refractivity contribution is -0.137. The lowest BCUT2D eigenvalue weighted by Gasteiger charge is -2.26. The number of esters is 1. The predicted molar refractivity (Wildman–Crippen MR) is 62.0 cm³/mol. The van der Waals surface area contributed by atoms with Crippen LogP contribution in [0.5, 0.6) is 0 Å². The van der Waals surface area contributed by atoms with Crippen molar-refractivity contribution in [2.45, 2.75) is 25.8 Å². The van der Waals surface area contributed by atoms with E-state index in [1.54, 1.807) is 0 Å². The molecule has 0 aromatic carbocycles. The minimum absolute atomic E-state index is 0.0379. The van der Waals surface area contributed by atoms with E-state index in [1.165, 1.54) is 17.9 Å². The van der Waals surface area contributed by atoms with Crippen molar-refractivity contribution in [1.82, 2.24) is 5.32 Å². The zero-order valence-corrected chi connectivity index (χ0v) is 10.0. The van der Waals surface area contributed by atoms with Gasteiger partial charge in [-0.25, -0.2) is 0 Å². The first-order valence-electron chi connectivity index (χ1n) is 5.72. The molecular weight excluding hydrogens is 210 g/mol. The summed E-state index contributed by atoms with van der Waals surface area (Å²) < 4.78 is 4.96. The Bertz CT molecular complexity index is 231. The van der Waals surface area contributed by atoms with Crippen LogP contribution in [-0.2, 0) is 9.53 Å². The van der Waals surface area contributed by atoms with E-state index in [0.717, 1.165) is 12.5 Å². The molecule has 0 aromatic rings. The topological polar surface area (TPSA) is 38.3 Å². The second-order valence-electron chi connectivity index (χ2n) is 4.58.